The summed E-state index contributed by atoms with van der Waals surface area (Å²) in [6.07, 6.45) is 2.02. The summed E-state index contributed by atoms with van der Waals surface area (Å²) in [5.41, 5.74) is 3.25. The van der Waals surface area contributed by atoms with Gasteiger partial charge in [0.1, 0.15) is 17.5 Å². The maximum absolute atomic E-state index is 6.02. The zero-order valence-corrected chi connectivity index (χ0v) is 16.3. The fourth-order valence-electron chi connectivity index (χ4n) is 2.44. The summed E-state index contributed by atoms with van der Waals surface area (Å²) in [4.78, 5) is 4.53. The minimum Gasteiger partial charge on any atom is -0.491 e. The first-order chi connectivity index (χ1) is 11.4. The van der Waals surface area contributed by atoms with E-state index in [1.165, 1.54) is 5.57 Å². The monoisotopic (exact) mass is 351 g/mol. The molecule has 0 aliphatic rings. The Morgan fingerprint density at radius 2 is 1.75 bits per heavy atom. The van der Waals surface area contributed by atoms with Crippen LogP contribution in [0.15, 0.2) is 34.8 Å². The molecule has 4 heteroatoms. The lowest BCUT2D eigenvalue weighted by molar-refractivity contribution is 0.101. The van der Waals surface area contributed by atoms with Crippen molar-refractivity contribution in [2.75, 3.05) is 19.8 Å². The first-order valence-corrected chi connectivity index (χ1v) is 9.03. The molecule has 1 rings (SSSR count). The predicted molar refractivity (Wildman–Crippen MR) is 104 cm³/mol. The lowest BCUT2D eigenvalue weighted by Crippen LogP contribution is -2.07. The lowest BCUT2D eigenvalue weighted by Gasteiger charge is -2.12. The van der Waals surface area contributed by atoms with E-state index in [9.17, 15) is 0 Å². The smallest absolute Gasteiger partial charge is 0.119 e. The third-order valence-corrected chi connectivity index (χ3v) is 3.44. The number of ether oxygens (including phenoxy) is 2. The van der Waals surface area contributed by atoms with E-state index in [1.807, 2.05) is 24.3 Å². The van der Waals surface area contributed by atoms with E-state index in [-0.39, 0.29) is 0 Å². The molecular formula is C20H30ClNO2. The standard InChI is InChI=1S/C20H30ClNO2/c1-6-11-23-12-13-24-19-9-7-18(8-10-19)20(22-17(5)21)16(4)14-15(2)3/h7-10,15H,6,11-14H2,1-5H3/b20-16+,22-17?. The summed E-state index contributed by atoms with van der Waals surface area (Å²) in [6, 6.07) is 8.00. The van der Waals surface area contributed by atoms with Crippen LogP contribution in [0.3, 0.4) is 0 Å². The van der Waals surface area contributed by atoms with Crippen molar-refractivity contribution in [3.05, 3.63) is 35.4 Å². The Morgan fingerprint density at radius 3 is 2.29 bits per heavy atom. The molecule has 0 atom stereocenters. The molecular weight excluding hydrogens is 322 g/mol. The Kier molecular flexibility index (Phi) is 9.73. The van der Waals surface area contributed by atoms with Crippen molar-refractivity contribution in [1.82, 2.24) is 0 Å². The van der Waals surface area contributed by atoms with Crippen molar-refractivity contribution >= 4 is 22.5 Å². The van der Waals surface area contributed by atoms with Gasteiger partial charge in [-0.1, -0.05) is 32.4 Å². The minimum absolute atomic E-state index is 0.543. The van der Waals surface area contributed by atoms with Gasteiger partial charge in [0.2, 0.25) is 0 Å². The quantitative estimate of drug-likeness (QED) is 0.386. The molecule has 134 valence electrons. The van der Waals surface area contributed by atoms with Gasteiger partial charge in [-0.2, -0.15) is 0 Å². The van der Waals surface area contributed by atoms with Crippen molar-refractivity contribution in [3.8, 4) is 5.75 Å². The number of benzene rings is 1. The van der Waals surface area contributed by atoms with Gasteiger partial charge >= 0.3 is 0 Å². The highest BCUT2D eigenvalue weighted by Crippen LogP contribution is 2.27. The van der Waals surface area contributed by atoms with E-state index >= 15 is 0 Å². The second-order valence-electron chi connectivity index (χ2n) is 6.32. The average Bonchev–Trinajstić information content (AvgIpc) is 2.52. The van der Waals surface area contributed by atoms with E-state index in [1.54, 1.807) is 6.92 Å². The summed E-state index contributed by atoms with van der Waals surface area (Å²) in [6.45, 7) is 12.4. The zero-order chi connectivity index (χ0) is 17.9. The Labute approximate surface area is 151 Å². The Balaban J connectivity index is 2.81. The topological polar surface area (TPSA) is 30.8 Å². The van der Waals surface area contributed by atoms with Gasteiger partial charge in [0, 0.05) is 12.2 Å². The number of aliphatic imine (C=N–C) groups is 1. The molecule has 24 heavy (non-hydrogen) atoms. The number of rotatable bonds is 10. The maximum atomic E-state index is 6.02. The predicted octanol–water partition coefficient (Wildman–Crippen LogP) is 5.93. The van der Waals surface area contributed by atoms with E-state index < -0.39 is 0 Å². The van der Waals surface area contributed by atoms with Crippen molar-refractivity contribution < 1.29 is 9.47 Å². The number of allylic oxidation sites excluding steroid dienone is 1. The van der Waals surface area contributed by atoms with Crippen LogP contribution in [-0.4, -0.2) is 25.0 Å². The Morgan fingerprint density at radius 1 is 1.08 bits per heavy atom. The summed E-state index contributed by atoms with van der Waals surface area (Å²) in [7, 11) is 0. The minimum atomic E-state index is 0.543. The molecule has 0 aliphatic heterocycles. The average molecular weight is 352 g/mol. The van der Waals surface area contributed by atoms with E-state index in [0.29, 0.717) is 24.3 Å². The van der Waals surface area contributed by atoms with Gasteiger partial charge in [-0.15, -0.1) is 0 Å². The van der Waals surface area contributed by atoms with Gasteiger partial charge in [0.15, 0.2) is 0 Å². The molecule has 1 aromatic carbocycles. The molecule has 0 N–H and O–H groups in total. The third-order valence-electron chi connectivity index (χ3n) is 3.36. The summed E-state index contributed by atoms with van der Waals surface area (Å²) < 4.78 is 11.1. The molecule has 0 heterocycles. The molecule has 0 amide bonds. The van der Waals surface area contributed by atoms with Gasteiger partial charge in [0.25, 0.3) is 0 Å². The molecule has 0 spiro atoms. The fourth-order valence-corrected chi connectivity index (χ4v) is 2.53. The summed E-state index contributed by atoms with van der Waals surface area (Å²) >= 11 is 6.02. The first-order valence-electron chi connectivity index (χ1n) is 8.65. The van der Waals surface area contributed by atoms with Gasteiger partial charge in [-0.05, 0) is 62.4 Å². The zero-order valence-electron chi connectivity index (χ0n) is 15.6. The highest BCUT2D eigenvalue weighted by Gasteiger charge is 2.08. The van der Waals surface area contributed by atoms with Crippen molar-refractivity contribution in [2.24, 2.45) is 10.9 Å². The maximum Gasteiger partial charge on any atom is 0.119 e. The van der Waals surface area contributed by atoms with Gasteiger partial charge in [0.05, 0.1) is 12.3 Å². The van der Waals surface area contributed by atoms with Crippen LogP contribution in [-0.2, 0) is 4.74 Å². The molecule has 1 aromatic rings. The number of nitrogens with zero attached hydrogens (tertiary/aromatic N) is 1. The largest absolute Gasteiger partial charge is 0.491 e. The van der Waals surface area contributed by atoms with Crippen LogP contribution in [0, 0.1) is 5.92 Å². The first kappa shape index (κ1) is 20.7. The van der Waals surface area contributed by atoms with Crippen LogP contribution in [0.5, 0.6) is 5.75 Å². The molecule has 0 aromatic heterocycles. The van der Waals surface area contributed by atoms with Crippen LogP contribution in [0.1, 0.15) is 53.0 Å². The van der Waals surface area contributed by atoms with Gasteiger partial charge in [-0.3, -0.25) is 0 Å². The second-order valence-corrected chi connectivity index (χ2v) is 6.87. The third kappa shape index (κ3) is 7.98. The molecule has 0 fully saturated rings. The van der Waals surface area contributed by atoms with Crippen LogP contribution < -0.4 is 4.74 Å². The number of halogens is 1. The molecule has 0 unspecified atom stereocenters. The van der Waals surface area contributed by atoms with E-state index in [0.717, 1.165) is 36.5 Å². The SMILES string of the molecule is CCCOCCOc1ccc(/C(N=C(C)Cl)=C(/C)CC(C)C)cc1. The molecule has 0 aliphatic carbocycles. The van der Waals surface area contributed by atoms with Gasteiger partial charge in [-0.25, -0.2) is 4.99 Å². The van der Waals surface area contributed by atoms with E-state index in [2.05, 4.69) is 32.7 Å². The molecule has 3 nitrogen and oxygen atoms in total. The van der Waals surface area contributed by atoms with Crippen LogP contribution in [0.2, 0.25) is 0 Å². The van der Waals surface area contributed by atoms with Crippen molar-refractivity contribution in [2.45, 2.75) is 47.5 Å². The second kappa shape index (κ2) is 11.3. The molecule has 0 radical (unpaired) electrons. The number of hydrogen-bond acceptors (Lipinski definition) is 3. The van der Waals surface area contributed by atoms with Gasteiger partial charge < -0.3 is 9.47 Å². The van der Waals surface area contributed by atoms with Crippen molar-refractivity contribution in [1.29, 1.82) is 0 Å². The van der Waals surface area contributed by atoms with Crippen LogP contribution in [0.4, 0.5) is 0 Å². The molecule has 0 bridgehead atoms. The lowest BCUT2D eigenvalue weighted by atomic mass is 9.99. The van der Waals surface area contributed by atoms with Crippen LogP contribution >= 0.6 is 11.6 Å². The van der Waals surface area contributed by atoms with Crippen molar-refractivity contribution in [3.63, 3.8) is 0 Å². The summed E-state index contributed by atoms with van der Waals surface area (Å²) in [5.74, 6) is 1.42. The normalized spacial score (nSPS) is 13.2. The molecule has 0 saturated carbocycles. The highest BCUT2D eigenvalue weighted by atomic mass is 35.5. The van der Waals surface area contributed by atoms with Crippen LogP contribution in [0.25, 0.3) is 5.70 Å². The molecule has 0 saturated heterocycles. The Hall–Kier alpha value is -1.32. The summed E-state index contributed by atoms with van der Waals surface area (Å²) in [5, 5.41) is 0.543. The number of hydrogen-bond donors (Lipinski definition) is 0. The fraction of sp³-hybridized carbons (Fsp3) is 0.550. The Bertz CT molecular complexity index is 543. The van der Waals surface area contributed by atoms with E-state index in [4.69, 9.17) is 21.1 Å². The highest BCUT2D eigenvalue weighted by molar-refractivity contribution is 6.65.